The van der Waals surface area contributed by atoms with E-state index in [1.54, 1.807) is 10.9 Å². The summed E-state index contributed by atoms with van der Waals surface area (Å²) in [5.74, 6) is -0.782. The molecule has 0 amide bonds. The van der Waals surface area contributed by atoms with Crippen LogP contribution in [0.3, 0.4) is 0 Å². The maximum Gasteiger partial charge on any atom is 0.303 e. The molecule has 0 aromatic carbocycles. The molecule has 1 rings (SSSR count). The maximum absolute atomic E-state index is 10.2. The second-order valence-electron chi connectivity index (χ2n) is 3.37. The quantitative estimate of drug-likeness (QED) is 0.505. The van der Waals surface area contributed by atoms with Crippen molar-refractivity contribution >= 4 is 5.97 Å². The van der Waals surface area contributed by atoms with Crippen LogP contribution in [0.5, 0.6) is 0 Å². The number of carboxylic acids is 1. The molecule has 0 fully saturated rings. The van der Waals surface area contributed by atoms with E-state index >= 15 is 0 Å². The van der Waals surface area contributed by atoms with Crippen molar-refractivity contribution < 1.29 is 15.0 Å². The average molecular weight is 228 g/mol. The van der Waals surface area contributed by atoms with Crippen molar-refractivity contribution in [3.05, 3.63) is 11.9 Å². The lowest BCUT2D eigenvalue weighted by molar-refractivity contribution is -0.137. The molecule has 0 atom stereocenters. The van der Waals surface area contributed by atoms with Crippen LogP contribution in [-0.4, -0.2) is 44.3 Å². The van der Waals surface area contributed by atoms with Crippen molar-refractivity contribution in [3.63, 3.8) is 0 Å². The van der Waals surface area contributed by atoms with Gasteiger partial charge in [0.25, 0.3) is 0 Å². The molecule has 3 N–H and O–H groups in total. The number of aliphatic hydroxyl groups excluding tert-OH is 1. The standard InChI is InChI=1S/C9H16N4O3/c14-5-4-13-7-8(11-12-13)6-10-3-1-2-9(15)16/h7,10,14H,1-6H2,(H,15,16). The fourth-order valence-corrected chi connectivity index (χ4v) is 1.21. The van der Waals surface area contributed by atoms with Gasteiger partial charge in [-0.1, -0.05) is 5.21 Å². The number of aliphatic hydroxyl groups is 1. The highest BCUT2D eigenvalue weighted by Crippen LogP contribution is 1.93. The second kappa shape index (κ2) is 6.91. The van der Waals surface area contributed by atoms with E-state index in [0.29, 0.717) is 26.1 Å². The smallest absolute Gasteiger partial charge is 0.303 e. The number of nitrogens with zero attached hydrogens (tertiary/aromatic N) is 3. The Morgan fingerprint density at radius 1 is 1.56 bits per heavy atom. The molecule has 90 valence electrons. The molecule has 0 aliphatic rings. The summed E-state index contributed by atoms with van der Waals surface area (Å²) in [6, 6.07) is 0. The first kappa shape index (κ1) is 12.6. The number of carbonyl (C=O) groups is 1. The van der Waals surface area contributed by atoms with Gasteiger partial charge in [0, 0.05) is 19.2 Å². The summed E-state index contributed by atoms with van der Waals surface area (Å²) < 4.78 is 1.56. The van der Waals surface area contributed by atoms with E-state index in [0.717, 1.165) is 5.69 Å². The van der Waals surface area contributed by atoms with Crippen molar-refractivity contribution in [2.45, 2.75) is 25.9 Å². The van der Waals surface area contributed by atoms with E-state index in [1.165, 1.54) is 0 Å². The first-order valence-corrected chi connectivity index (χ1v) is 5.14. The number of hydrogen-bond donors (Lipinski definition) is 3. The zero-order chi connectivity index (χ0) is 11.8. The Morgan fingerprint density at radius 3 is 3.06 bits per heavy atom. The van der Waals surface area contributed by atoms with Crippen LogP contribution in [0.1, 0.15) is 18.5 Å². The van der Waals surface area contributed by atoms with Gasteiger partial charge in [-0.25, -0.2) is 4.68 Å². The lowest BCUT2D eigenvalue weighted by Gasteiger charge is -1.99. The summed E-state index contributed by atoms with van der Waals surface area (Å²) in [5.41, 5.74) is 0.781. The van der Waals surface area contributed by atoms with Crippen LogP contribution >= 0.6 is 0 Å². The summed E-state index contributed by atoms with van der Waals surface area (Å²) in [5, 5.41) is 27.8. The summed E-state index contributed by atoms with van der Waals surface area (Å²) in [4.78, 5) is 10.2. The van der Waals surface area contributed by atoms with E-state index in [-0.39, 0.29) is 13.0 Å². The highest BCUT2D eigenvalue weighted by Gasteiger charge is 2.00. The Kier molecular flexibility index (Phi) is 5.44. The molecular weight excluding hydrogens is 212 g/mol. The lowest BCUT2D eigenvalue weighted by Crippen LogP contribution is -2.16. The first-order chi connectivity index (χ1) is 7.72. The fourth-order valence-electron chi connectivity index (χ4n) is 1.21. The summed E-state index contributed by atoms with van der Waals surface area (Å²) in [6.07, 6.45) is 2.52. The molecule has 1 aromatic rings. The highest BCUT2D eigenvalue weighted by molar-refractivity contribution is 5.66. The monoisotopic (exact) mass is 228 g/mol. The Hall–Kier alpha value is -1.47. The molecule has 16 heavy (non-hydrogen) atoms. The third kappa shape index (κ3) is 4.85. The Bertz CT molecular complexity index is 326. The predicted octanol–water partition coefficient (Wildman–Crippen LogP) is -0.775. The largest absolute Gasteiger partial charge is 0.481 e. The first-order valence-electron chi connectivity index (χ1n) is 5.14. The van der Waals surface area contributed by atoms with Crippen LogP contribution in [0.4, 0.5) is 0 Å². The fraction of sp³-hybridized carbons (Fsp3) is 0.667. The summed E-state index contributed by atoms with van der Waals surface area (Å²) >= 11 is 0. The molecule has 1 heterocycles. The Balaban J connectivity index is 2.14. The van der Waals surface area contributed by atoms with Crippen LogP contribution in [0.25, 0.3) is 0 Å². The summed E-state index contributed by atoms with van der Waals surface area (Å²) in [7, 11) is 0. The van der Waals surface area contributed by atoms with Gasteiger partial charge in [-0.3, -0.25) is 4.79 Å². The van der Waals surface area contributed by atoms with Gasteiger partial charge in [0.05, 0.1) is 18.8 Å². The van der Waals surface area contributed by atoms with E-state index in [2.05, 4.69) is 15.6 Å². The van der Waals surface area contributed by atoms with Gasteiger partial charge in [0.2, 0.25) is 0 Å². The topological polar surface area (TPSA) is 100 Å². The highest BCUT2D eigenvalue weighted by atomic mass is 16.4. The number of aromatic nitrogens is 3. The number of hydrogen-bond acceptors (Lipinski definition) is 5. The minimum atomic E-state index is -0.782. The van der Waals surface area contributed by atoms with Gasteiger partial charge in [0.15, 0.2) is 0 Å². The third-order valence-corrected chi connectivity index (χ3v) is 1.97. The Morgan fingerprint density at radius 2 is 2.38 bits per heavy atom. The van der Waals surface area contributed by atoms with Crippen molar-refractivity contribution in [2.75, 3.05) is 13.2 Å². The van der Waals surface area contributed by atoms with Crippen LogP contribution in [0.15, 0.2) is 6.20 Å². The van der Waals surface area contributed by atoms with Gasteiger partial charge >= 0.3 is 5.97 Å². The lowest BCUT2D eigenvalue weighted by atomic mass is 10.3. The molecule has 0 saturated heterocycles. The molecule has 0 unspecified atom stereocenters. The molecule has 0 saturated carbocycles. The molecule has 0 bridgehead atoms. The van der Waals surface area contributed by atoms with Crippen molar-refractivity contribution in [2.24, 2.45) is 0 Å². The zero-order valence-electron chi connectivity index (χ0n) is 8.96. The second-order valence-corrected chi connectivity index (χ2v) is 3.37. The van der Waals surface area contributed by atoms with Gasteiger partial charge < -0.3 is 15.5 Å². The van der Waals surface area contributed by atoms with Crippen molar-refractivity contribution in [1.82, 2.24) is 20.3 Å². The molecule has 1 aromatic heterocycles. The van der Waals surface area contributed by atoms with Gasteiger partial charge in [-0.05, 0) is 13.0 Å². The van der Waals surface area contributed by atoms with Gasteiger partial charge in [-0.2, -0.15) is 0 Å². The minimum absolute atomic E-state index is 0.0365. The van der Waals surface area contributed by atoms with Gasteiger partial charge in [0.1, 0.15) is 0 Å². The van der Waals surface area contributed by atoms with E-state index < -0.39 is 5.97 Å². The zero-order valence-corrected chi connectivity index (χ0v) is 8.96. The SMILES string of the molecule is O=C(O)CCCNCc1cn(CCO)nn1. The molecule has 0 radical (unpaired) electrons. The van der Waals surface area contributed by atoms with E-state index in [1.807, 2.05) is 0 Å². The third-order valence-electron chi connectivity index (χ3n) is 1.97. The molecule has 0 aliphatic carbocycles. The van der Waals surface area contributed by atoms with E-state index in [9.17, 15) is 4.79 Å². The molecular formula is C9H16N4O3. The molecule has 7 nitrogen and oxygen atoms in total. The number of aliphatic carboxylic acids is 1. The van der Waals surface area contributed by atoms with Gasteiger partial charge in [-0.15, -0.1) is 5.10 Å². The normalized spacial score (nSPS) is 10.6. The molecule has 0 spiro atoms. The van der Waals surface area contributed by atoms with Crippen molar-refractivity contribution in [3.8, 4) is 0 Å². The number of rotatable bonds is 8. The maximum atomic E-state index is 10.2. The van der Waals surface area contributed by atoms with E-state index in [4.69, 9.17) is 10.2 Å². The number of nitrogens with one attached hydrogen (secondary N) is 1. The number of carboxylic acid groups (broad SMARTS) is 1. The van der Waals surface area contributed by atoms with Crippen LogP contribution < -0.4 is 5.32 Å². The minimum Gasteiger partial charge on any atom is -0.481 e. The van der Waals surface area contributed by atoms with Crippen molar-refractivity contribution in [1.29, 1.82) is 0 Å². The van der Waals surface area contributed by atoms with Crippen LogP contribution in [0, 0.1) is 0 Å². The summed E-state index contributed by atoms with van der Waals surface area (Å²) in [6.45, 7) is 1.67. The Labute approximate surface area is 93.1 Å². The average Bonchev–Trinajstić information content (AvgIpc) is 2.65. The van der Waals surface area contributed by atoms with Crippen LogP contribution in [-0.2, 0) is 17.9 Å². The van der Waals surface area contributed by atoms with Crippen LogP contribution in [0.2, 0.25) is 0 Å². The predicted molar refractivity (Wildman–Crippen MR) is 55.7 cm³/mol. The molecule has 0 aliphatic heterocycles. The molecule has 7 heteroatoms.